The third-order valence-corrected chi connectivity index (χ3v) is 6.36. The van der Waals surface area contributed by atoms with E-state index in [0.29, 0.717) is 38.8 Å². The van der Waals surface area contributed by atoms with Crippen molar-refractivity contribution in [2.75, 3.05) is 17.7 Å². The number of nitrogens with zero attached hydrogens (tertiary/aromatic N) is 3. The summed E-state index contributed by atoms with van der Waals surface area (Å²) in [5.74, 6) is 0.253. The monoisotopic (exact) mass is 501 g/mol. The second-order valence-corrected chi connectivity index (χ2v) is 9.80. The van der Waals surface area contributed by atoms with Gasteiger partial charge in [-0.2, -0.15) is 0 Å². The summed E-state index contributed by atoms with van der Waals surface area (Å²) in [5, 5.41) is 16.2. The van der Waals surface area contributed by atoms with E-state index >= 15 is 0 Å². The maximum atomic E-state index is 13.5. The van der Waals surface area contributed by atoms with Crippen molar-refractivity contribution in [3.05, 3.63) is 52.4 Å². The molecular weight excluding hydrogens is 470 g/mol. The Kier molecular flexibility index (Phi) is 9.65. The molecule has 1 saturated carbocycles. The van der Waals surface area contributed by atoms with E-state index < -0.39 is 0 Å². The molecule has 0 radical (unpaired) electrons. The number of halogens is 1. The Bertz CT molecular complexity index is 1080. The highest BCUT2D eigenvalue weighted by atomic mass is 35.5. The molecule has 7 nitrogen and oxygen atoms in total. The van der Waals surface area contributed by atoms with Gasteiger partial charge in [0.2, 0.25) is 10.3 Å². The fourth-order valence-electron chi connectivity index (χ4n) is 3.78. The molecule has 0 saturated heterocycles. The third kappa shape index (κ3) is 7.14. The number of rotatable bonds is 10. The predicted octanol–water partition coefficient (Wildman–Crippen LogP) is 6.66. The normalized spacial score (nSPS) is 14.7. The van der Waals surface area contributed by atoms with Crippen molar-refractivity contribution < 1.29 is 9.53 Å². The number of ether oxygens (including phenoxy) is 1. The molecule has 0 unspecified atom stereocenters. The second kappa shape index (κ2) is 12.7. The van der Waals surface area contributed by atoms with Gasteiger partial charge in [0.25, 0.3) is 5.91 Å². The summed E-state index contributed by atoms with van der Waals surface area (Å²) in [4.78, 5) is 17.6. The highest BCUT2D eigenvalue weighted by Gasteiger charge is 2.20. The van der Waals surface area contributed by atoms with Crippen LogP contribution in [0, 0.1) is 0 Å². The molecular formula is C25H32ClN5O2S. The Morgan fingerprint density at radius 2 is 2.00 bits per heavy atom. The van der Waals surface area contributed by atoms with Crippen LogP contribution in [0.5, 0.6) is 5.75 Å². The molecule has 9 heteroatoms. The van der Waals surface area contributed by atoms with Crippen molar-refractivity contribution in [3.63, 3.8) is 0 Å². The van der Waals surface area contributed by atoms with Crippen LogP contribution in [0.15, 0.2) is 41.6 Å². The zero-order chi connectivity index (χ0) is 24.5. The van der Waals surface area contributed by atoms with Crippen molar-refractivity contribution in [1.82, 2.24) is 15.2 Å². The second-order valence-electron chi connectivity index (χ2n) is 8.44. The van der Waals surface area contributed by atoms with Crippen LogP contribution in [0.4, 0.5) is 10.3 Å². The minimum Gasteiger partial charge on any atom is -0.494 e. The van der Waals surface area contributed by atoms with Gasteiger partial charge in [0.15, 0.2) is 0 Å². The summed E-state index contributed by atoms with van der Waals surface area (Å²) in [6.07, 6.45) is 13.9. The highest BCUT2D eigenvalue weighted by Crippen LogP contribution is 2.33. The first-order valence-electron chi connectivity index (χ1n) is 11.6. The van der Waals surface area contributed by atoms with E-state index in [2.05, 4.69) is 32.7 Å². The summed E-state index contributed by atoms with van der Waals surface area (Å²) in [6.45, 7) is 6.05. The van der Waals surface area contributed by atoms with E-state index in [9.17, 15) is 4.79 Å². The SMILES string of the molecule is CCC/C=C/C(C(=O)Nc1nnc(NC2CCCC2)s1)=C(\C=C(C)C)c1cc(Cl)ncc1OC. The molecule has 2 aromatic rings. The molecule has 0 bridgehead atoms. The lowest BCUT2D eigenvalue weighted by atomic mass is 9.96. The van der Waals surface area contributed by atoms with Crippen molar-refractivity contribution in [1.29, 1.82) is 0 Å². The number of carbonyl (C=O) groups excluding carboxylic acids is 1. The molecule has 1 amide bonds. The van der Waals surface area contributed by atoms with E-state index in [1.807, 2.05) is 32.1 Å². The molecule has 34 heavy (non-hydrogen) atoms. The first-order valence-corrected chi connectivity index (χ1v) is 12.8. The zero-order valence-electron chi connectivity index (χ0n) is 20.2. The van der Waals surface area contributed by atoms with Crippen molar-refractivity contribution in [2.24, 2.45) is 0 Å². The van der Waals surface area contributed by atoms with E-state index in [1.165, 1.54) is 24.2 Å². The van der Waals surface area contributed by atoms with Crippen LogP contribution in [0.1, 0.15) is 64.9 Å². The van der Waals surface area contributed by atoms with Gasteiger partial charge in [-0.3, -0.25) is 10.1 Å². The van der Waals surface area contributed by atoms with Crippen molar-refractivity contribution >= 4 is 44.7 Å². The molecule has 2 aromatic heterocycles. The number of nitrogens with one attached hydrogen (secondary N) is 2. The first kappa shape index (κ1) is 25.9. The molecule has 0 aliphatic heterocycles. The van der Waals surface area contributed by atoms with Gasteiger partial charge in [-0.1, -0.05) is 72.9 Å². The summed E-state index contributed by atoms with van der Waals surface area (Å²) in [6, 6.07) is 2.14. The lowest BCUT2D eigenvalue weighted by Crippen LogP contribution is -2.15. The predicted molar refractivity (Wildman–Crippen MR) is 141 cm³/mol. The Hall–Kier alpha value is -2.71. The van der Waals surface area contributed by atoms with Crippen LogP contribution < -0.4 is 15.4 Å². The molecule has 1 fully saturated rings. The van der Waals surface area contributed by atoms with E-state index in [0.717, 1.165) is 36.4 Å². The number of carbonyl (C=O) groups is 1. The molecule has 1 aliphatic carbocycles. The molecule has 2 heterocycles. The zero-order valence-corrected chi connectivity index (χ0v) is 21.7. The smallest absolute Gasteiger partial charge is 0.258 e. The van der Waals surface area contributed by atoms with Crippen LogP contribution >= 0.6 is 22.9 Å². The fraction of sp³-hybridized carbons (Fsp3) is 0.440. The molecule has 0 atom stereocenters. The largest absolute Gasteiger partial charge is 0.494 e. The van der Waals surface area contributed by atoms with Crippen molar-refractivity contribution in [2.45, 2.75) is 65.3 Å². The highest BCUT2D eigenvalue weighted by molar-refractivity contribution is 7.19. The van der Waals surface area contributed by atoms with Crippen LogP contribution in [0.2, 0.25) is 5.15 Å². The average molecular weight is 502 g/mol. The average Bonchev–Trinajstić information content (AvgIpc) is 3.47. The molecule has 2 N–H and O–H groups in total. The third-order valence-electron chi connectivity index (χ3n) is 5.38. The van der Waals surface area contributed by atoms with Crippen LogP contribution in [0.25, 0.3) is 5.57 Å². The Morgan fingerprint density at radius 1 is 1.26 bits per heavy atom. The number of hydrogen-bond donors (Lipinski definition) is 2. The van der Waals surface area contributed by atoms with Gasteiger partial charge in [-0.05, 0) is 44.7 Å². The summed E-state index contributed by atoms with van der Waals surface area (Å²) < 4.78 is 5.53. The van der Waals surface area contributed by atoms with Crippen LogP contribution in [-0.4, -0.2) is 34.2 Å². The van der Waals surface area contributed by atoms with Gasteiger partial charge in [-0.15, -0.1) is 10.2 Å². The minimum absolute atomic E-state index is 0.279. The number of hydrogen-bond acceptors (Lipinski definition) is 7. The first-order chi connectivity index (χ1) is 16.4. The van der Waals surface area contributed by atoms with Gasteiger partial charge in [-0.25, -0.2) is 4.98 Å². The van der Waals surface area contributed by atoms with Crippen LogP contribution in [0.3, 0.4) is 0 Å². The molecule has 0 spiro atoms. The Morgan fingerprint density at radius 3 is 2.68 bits per heavy atom. The number of methoxy groups -OCH3 is 1. The lowest BCUT2D eigenvalue weighted by Gasteiger charge is -2.14. The quantitative estimate of drug-likeness (QED) is 0.215. The van der Waals surface area contributed by atoms with Gasteiger partial charge in [0, 0.05) is 17.2 Å². The lowest BCUT2D eigenvalue weighted by molar-refractivity contribution is -0.112. The molecule has 1 aliphatic rings. The standard InChI is InChI=1S/C25H32ClN5O2S/c1-5-6-7-12-18(19(13-16(2)3)20-14-22(26)27-15-21(20)33-4)23(32)29-25-31-30-24(34-25)28-17-10-8-9-11-17/h7,12-15,17H,5-6,8-11H2,1-4H3,(H,28,30)(H,29,31,32)/b12-7+,19-18-. The molecule has 0 aromatic carbocycles. The number of amides is 1. The van der Waals surface area contributed by atoms with E-state index in [1.54, 1.807) is 19.4 Å². The van der Waals surface area contributed by atoms with Gasteiger partial charge in [0.05, 0.1) is 13.3 Å². The molecule has 3 rings (SSSR count). The number of pyridine rings is 1. The van der Waals surface area contributed by atoms with Gasteiger partial charge >= 0.3 is 0 Å². The Labute approximate surface area is 210 Å². The van der Waals surface area contributed by atoms with Gasteiger partial charge in [0.1, 0.15) is 10.9 Å². The number of unbranched alkanes of at least 4 members (excludes halogenated alkanes) is 1. The number of allylic oxidation sites excluding steroid dienone is 4. The Balaban J connectivity index is 1.99. The fourth-order valence-corrected chi connectivity index (χ4v) is 4.65. The minimum atomic E-state index is -0.279. The van der Waals surface area contributed by atoms with E-state index in [-0.39, 0.29) is 5.91 Å². The summed E-state index contributed by atoms with van der Waals surface area (Å²) >= 11 is 7.56. The number of anilines is 2. The van der Waals surface area contributed by atoms with Crippen LogP contribution in [-0.2, 0) is 4.79 Å². The maximum absolute atomic E-state index is 13.5. The number of aromatic nitrogens is 3. The summed E-state index contributed by atoms with van der Waals surface area (Å²) in [7, 11) is 1.57. The van der Waals surface area contributed by atoms with Crippen molar-refractivity contribution in [3.8, 4) is 5.75 Å². The topological polar surface area (TPSA) is 89.0 Å². The maximum Gasteiger partial charge on any atom is 0.258 e. The van der Waals surface area contributed by atoms with Gasteiger partial charge < -0.3 is 10.1 Å². The summed E-state index contributed by atoms with van der Waals surface area (Å²) in [5.41, 5.74) is 2.89. The molecule has 182 valence electrons. The van der Waals surface area contributed by atoms with E-state index in [4.69, 9.17) is 16.3 Å².